The van der Waals surface area contributed by atoms with E-state index in [0.717, 1.165) is 79.9 Å². The van der Waals surface area contributed by atoms with Crippen LogP contribution in [0.2, 0.25) is 5.02 Å². The molecule has 0 bridgehead atoms. The smallest absolute Gasteiger partial charge is 0.239 e. The average Bonchev–Trinajstić information content (AvgIpc) is 3.38. The van der Waals surface area contributed by atoms with E-state index >= 15 is 0 Å². The van der Waals surface area contributed by atoms with Crippen molar-refractivity contribution in [3.63, 3.8) is 0 Å². The van der Waals surface area contributed by atoms with Crippen LogP contribution in [0, 0.1) is 0 Å². The number of hydrogen-bond acceptors (Lipinski definition) is 3. The van der Waals surface area contributed by atoms with Crippen molar-refractivity contribution in [2.75, 3.05) is 42.9 Å². The van der Waals surface area contributed by atoms with Crippen molar-refractivity contribution in [2.45, 2.75) is 24.7 Å². The topological polar surface area (TPSA) is 35.6 Å². The number of rotatable bonds is 9. The van der Waals surface area contributed by atoms with Gasteiger partial charge in [0.15, 0.2) is 0 Å². The minimum absolute atomic E-state index is 0.00839. The number of amides is 1. The van der Waals surface area contributed by atoms with Crippen molar-refractivity contribution in [2.24, 2.45) is 0 Å². The lowest BCUT2D eigenvalue weighted by Crippen LogP contribution is -2.46. The second kappa shape index (κ2) is 12.9. The summed E-state index contributed by atoms with van der Waals surface area (Å²) in [4.78, 5) is 19.4. The normalized spacial score (nSPS) is 15.4. The predicted octanol–water partition coefficient (Wildman–Crippen LogP) is 8.90. The summed E-state index contributed by atoms with van der Waals surface area (Å²) in [5, 5.41) is 3.84. The highest BCUT2D eigenvalue weighted by Gasteiger charge is 2.48. The number of fused-ring (bicyclic) bond motifs is 3. The SMILES string of the molecule is O=C(Nc1cccc(Cl)c1)C1(CCCCN2CCN(c3ccc(-c4ccccc4)cc3)CC2)c2ccccc2-c2ccccc21. The van der Waals surface area contributed by atoms with E-state index in [1.165, 1.54) is 16.8 Å². The number of carbonyl (C=O) groups excluding carboxylic acids is 1. The van der Waals surface area contributed by atoms with Gasteiger partial charge in [-0.3, -0.25) is 9.69 Å². The summed E-state index contributed by atoms with van der Waals surface area (Å²) in [6, 6.07) is 43.8. The molecule has 1 aliphatic carbocycles. The number of unbranched alkanes of at least 4 members (excludes halogenated alkanes) is 1. The zero-order valence-corrected chi connectivity index (χ0v) is 26.2. The van der Waals surface area contributed by atoms with Gasteiger partial charge < -0.3 is 10.2 Å². The Bertz CT molecular complexity index is 1730. The third-order valence-corrected chi connectivity index (χ3v) is 9.76. The molecule has 4 nitrogen and oxygen atoms in total. The molecule has 0 unspecified atom stereocenters. The van der Waals surface area contributed by atoms with Gasteiger partial charge in [0.25, 0.3) is 0 Å². The fourth-order valence-corrected chi connectivity index (χ4v) is 7.40. The lowest BCUT2D eigenvalue weighted by molar-refractivity contribution is -0.120. The van der Waals surface area contributed by atoms with Gasteiger partial charge in [-0.2, -0.15) is 0 Å². The van der Waals surface area contributed by atoms with Crippen LogP contribution in [-0.2, 0) is 10.2 Å². The molecule has 1 amide bonds. The van der Waals surface area contributed by atoms with Crippen molar-refractivity contribution in [3.8, 4) is 22.3 Å². The van der Waals surface area contributed by atoms with Gasteiger partial charge in [-0.05, 0) is 83.1 Å². The number of halogens is 1. The van der Waals surface area contributed by atoms with E-state index in [1.807, 2.05) is 24.3 Å². The number of anilines is 2. The molecule has 0 spiro atoms. The van der Waals surface area contributed by atoms with Crippen molar-refractivity contribution < 1.29 is 4.79 Å². The van der Waals surface area contributed by atoms with E-state index in [1.54, 1.807) is 0 Å². The van der Waals surface area contributed by atoms with Gasteiger partial charge in [-0.15, -0.1) is 0 Å². The van der Waals surface area contributed by atoms with Crippen LogP contribution in [0.4, 0.5) is 11.4 Å². The van der Waals surface area contributed by atoms with Crippen LogP contribution in [0.5, 0.6) is 0 Å². The van der Waals surface area contributed by atoms with E-state index in [-0.39, 0.29) is 5.91 Å². The van der Waals surface area contributed by atoms with Crippen LogP contribution in [0.3, 0.4) is 0 Å². The molecule has 7 rings (SSSR count). The molecule has 1 saturated heterocycles. The van der Waals surface area contributed by atoms with Crippen LogP contribution < -0.4 is 10.2 Å². The molecule has 226 valence electrons. The standard InChI is InChI=1S/C40H38ClN3O/c41-32-13-10-14-33(29-32)42-39(45)40(37-17-6-4-15-35(37)36-16-5-7-18-38(36)40)23-8-9-24-43-25-27-44(28-26-43)34-21-19-31(20-22-34)30-11-2-1-3-12-30/h1-7,10-22,29H,8-9,23-28H2,(H,42,45). The van der Waals surface area contributed by atoms with Crippen molar-refractivity contribution in [1.82, 2.24) is 4.90 Å². The highest BCUT2D eigenvalue weighted by Crippen LogP contribution is 2.52. The van der Waals surface area contributed by atoms with Crippen molar-refractivity contribution in [3.05, 3.63) is 144 Å². The summed E-state index contributed by atoms with van der Waals surface area (Å²) in [7, 11) is 0. The lowest BCUT2D eigenvalue weighted by Gasteiger charge is -2.36. The van der Waals surface area contributed by atoms with E-state index in [4.69, 9.17) is 11.6 Å². The van der Waals surface area contributed by atoms with Gasteiger partial charge in [-0.25, -0.2) is 0 Å². The molecule has 2 aliphatic rings. The van der Waals surface area contributed by atoms with Crippen molar-refractivity contribution >= 4 is 28.9 Å². The zero-order valence-electron chi connectivity index (χ0n) is 25.5. The average molecular weight is 612 g/mol. The van der Waals surface area contributed by atoms with Gasteiger partial charge in [0.05, 0.1) is 0 Å². The molecule has 5 aromatic rings. The van der Waals surface area contributed by atoms with Crippen LogP contribution >= 0.6 is 11.6 Å². The fourth-order valence-electron chi connectivity index (χ4n) is 7.21. The first-order chi connectivity index (χ1) is 22.1. The molecule has 0 aromatic heterocycles. The Morgan fingerprint density at radius 1 is 0.667 bits per heavy atom. The zero-order chi connectivity index (χ0) is 30.6. The van der Waals surface area contributed by atoms with Crippen LogP contribution in [0.1, 0.15) is 30.4 Å². The first kappa shape index (κ1) is 29.3. The quantitative estimate of drug-likeness (QED) is 0.169. The number of carbonyl (C=O) groups is 1. The first-order valence-electron chi connectivity index (χ1n) is 16.0. The molecule has 45 heavy (non-hydrogen) atoms. The van der Waals surface area contributed by atoms with Gasteiger partial charge >= 0.3 is 0 Å². The summed E-state index contributed by atoms with van der Waals surface area (Å²) in [6.07, 6.45) is 2.75. The summed E-state index contributed by atoms with van der Waals surface area (Å²) in [5.41, 5.74) is 8.27. The molecule has 1 N–H and O–H groups in total. The van der Waals surface area contributed by atoms with Crippen LogP contribution in [0.25, 0.3) is 22.3 Å². The molecule has 0 atom stereocenters. The Morgan fingerprint density at radius 2 is 1.29 bits per heavy atom. The monoisotopic (exact) mass is 611 g/mol. The molecular formula is C40H38ClN3O. The minimum atomic E-state index is -0.750. The second-order valence-electron chi connectivity index (χ2n) is 12.2. The molecule has 0 saturated carbocycles. The molecule has 1 fully saturated rings. The molecule has 1 aliphatic heterocycles. The highest BCUT2D eigenvalue weighted by molar-refractivity contribution is 6.31. The highest BCUT2D eigenvalue weighted by atomic mass is 35.5. The summed E-state index contributed by atoms with van der Waals surface area (Å²) in [5.74, 6) is 0.00839. The number of piperazine rings is 1. The Balaban J connectivity index is 1.01. The minimum Gasteiger partial charge on any atom is -0.369 e. The van der Waals surface area contributed by atoms with Crippen LogP contribution in [-0.4, -0.2) is 43.5 Å². The van der Waals surface area contributed by atoms with Crippen LogP contribution in [0.15, 0.2) is 127 Å². The number of hydrogen-bond donors (Lipinski definition) is 1. The largest absolute Gasteiger partial charge is 0.369 e. The Hall–Kier alpha value is -4.38. The third-order valence-electron chi connectivity index (χ3n) is 9.52. The maximum absolute atomic E-state index is 14.4. The van der Waals surface area contributed by atoms with E-state index in [9.17, 15) is 4.79 Å². The number of nitrogens with zero attached hydrogens (tertiary/aromatic N) is 2. The predicted molar refractivity (Wildman–Crippen MR) is 187 cm³/mol. The maximum Gasteiger partial charge on any atom is 0.239 e. The molecular weight excluding hydrogens is 574 g/mol. The Kier molecular flexibility index (Phi) is 8.43. The molecule has 5 heteroatoms. The van der Waals surface area contributed by atoms with Gasteiger partial charge in [-0.1, -0.05) is 115 Å². The van der Waals surface area contributed by atoms with Crippen molar-refractivity contribution in [1.29, 1.82) is 0 Å². The lowest BCUT2D eigenvalue weighted by atomic mass is 9.73. The fraction of sp³-hybridized carbons (Fsp3) is 0.225. The van der Waals surface area contributed by atoms with E-state index in [2.05, 4.69) is 118 Å². The number of benzene rings is 5. The van der Waals surface area contributed by atoms with Gasteiger partial charge in [0, 0.05) is 42.6 Å². The van der Waals surface area contributed by atoms with E-state index in [0.29, 0.717) is 5.02 Å². The third kappa shape index (κ3) is 5.88. The Labute approximate surface area is 271 Å². The summed E-state index contributed by atoms with van der Waals surface area (Å²) >= 11 is 6.28. The first-order valence-corrected chi connectivity index (χ1v) is 16.4. The summed E-state index contributed by atoms with van der Waals surface area (Å²) < 4.78 is 0. The molecule has 0 radical (unpaired) electrons. The molecule has 1 heterocycles. The van der Waals surface area contributed by atoms with Gasteiger partial charge in [0.2, 0.25) is 5.91 Å². The van der Waals surface area contributed by atoms with E-state index < -0.39 is 5.41 Å². The second-order valence-corrected chi connectivity index (χ2v) is 12.6. The van der Waals surface area contributed by atoms with Gasteiger partial charge in [0.1, 0.15) is 5.41 Å². The molecule has 5 aromatic carbocycles. The maximum atomic E-state index is 14.4. The summed E-state index contributed by atoms with van der Waals surface area (Å²) in [6.45, 7) is 5.18. The Morgan fingerprint density at radius 3 is 1.96 bits per heavy atom. The number of nitrogens with one attached hydrogen (secondary N) is 1.